The second-order valence-corrected chi connectivity index (χ2v) is 8.30. The number of nitrogens with one attached hydrogen (secondary N) is 1. The Morgan fingerprint density at radius 2 is 1.61 bits per heavy atom. The third-order valence-corrected chi connectivity index (χ3v) is 7.00. The number of amides is 1. The maximum atomic E-state index is 13.4. The van der Waals surface area contributed by atoms with Crippen LogP contribution < -0.4 is 15.0 Å². The van der Waals surface area contributed by atoms with Crippen LogP contribution in [0.2, 0.25) is 0 Å². The molecule has 2 aliphatic rings. The summed E-state index contributed by atoms with van der Waals surface area (Å²) in [5.74, 6) is -0.770. The summed E-state index contributed by atoms with van der Waals surface area (Å²) in [5, 5.41) is 4.32. The van der Waals surface area contributed by atoms with Crippen LogP contribution >= 0.6 is 11.5 Å². The molecule has 3 unspecified atom stereocenters. The number of benzene rings is 2. The first-order valence-corrected chi connectivity index (χ1v) is 10.5. The van der Waals surface area contributed by atoms with Gasteiger partial charge in [-0.15, -0.1) is 5.10 Å². The maximum Gasteiger partial charge on any atom is 0.349 e. The number of ether oxygens (including phenoxy) is 2. The molecule has 8 nitrogen and oxygen atoms in total. The topological polar surface area (TPSA) is 99.6 Å². The van der Waals surface area contributed by atoms with Gasteiger partial charge in [-0.25, -0.2) is 4.79 Å². The highest BCUT2D eigenvalue weighted by Gasteiger charge is 2.66. The van der Waals surface area contributed by atoms with Crippen LogP contribution in [0, 0.1) is 5.41 Å². The van der Waals surface area contributed by atoms with Crippen LogP contribution in [0.4, 0.5) is 0 Å². The summed E-state index contributed by atoms with van der Waals surface area (Å²) in [6.07, 6.45) is 0.396. The van der Waals surface area contributed by atoms with Crippen molar-refractivity contribution in [3.8, 4) is 11.5 Å². The van der Waals surface area contributed by atoms with E-state index >= 15 is 0 Å². The van der Waals surface area contributed by atoms with Crippen LogP contribution in [-0.2, 0) is 20.8 Å². The molecule has 0 saturated carbocycles. The molecular formula is C22H19N3O5S. The first kappa shape index (κ1) is 19.5. The number of hydroxylamine groups is 1. The molecule has 5 rings (SSSR count). The predicted molar refractivity (Wildman–Crippen MR) is 111 cm³/mol. The number of nitrogens with zero attached hydrogens (tertiary/aromatic N) is 2. The summed E-state index contributed by atoms with van der Waals surface area (Å²) in [6.45, 7) is 0. The average molecular weight is 437 g/mol. The molecule has 1 spiro atoms. The van der Waals surface area contributed by atoms with E-state index in [0.29, 0.717) is 17.9 Å². The van der Waals surface area contributed by atoms with Gasteiger partial charge in [0.25, 0.3) is 5.91 Å². The zero-order chi connectivity index (χ0) is 21.6. The average Bonchev–Trinajstić information content (AvgIpc) is 3.39. The summed E-state index contributed by atoms with van der Waals surface area (Å²) >= 11 is 1.21. The first-order chi connectivity index (χ1) is 15.1. The third-order valence-electron chi connectivity index (χ3n) is 6.17. The van der Waals surface area contributed by atoms with Crippen molar-refractivity contribution < 1.29 is 23.9 Å². The van der Waals surface area contributed by atoms with Crippen LogP contribution in [0.25, 0.3) is 0 Å². The lowest BCUT2D eigenvalue weighted by molar-refractivity contribution is -0.152. The summed E-state index contributed by atoms with van der Waals surface area (Å²) < 4.78 is 14.7. The van der Waals surface area contributed by atoms with Crippen LogP contribution in [-0.4, -0.2) is 35.7 Å². The summed E-state index contributed by atoms with van der Waals surface area (Å²) in [4.78, 5) is 32.6. The molecule has 1 saturated heterocycles. The monoisotopic (exact) mass is 437 g/mol. The minimum atomic E-state index is -1.48. The van der Waals surface area contributed by atoms with Crippen LogP contribution in [0.15, 0.2) is 48.5 Å². The van der Waals surface area contributed by atoms with Gasteiger partial charge < -0.3 is 14.3 Å². The van der Waals surface area contributed by atoms with Crippen molar-refractivity contribution in [2.24, 2.45) is 5.41 Å². The molecule has 3 aromatic rings. The molecule has 1 aromatic heterocycles. The molecular weight excluding hydrogens is 418 g/mol. The molecule has 2 heterocycles. The first-order valence-electron chi connectivity index (χ1n) is 9.70. The number of carbonyl (C=O) groups is 2. The summed E-state index contributed by atoms with van der Waals surface area (Å²) in [5.41, 5.74) is 3.24. The van der Waals surface area contributed by atoms with Crippen molar-refractivity contribution in [3.63, 3.8) is 0 Å². The van der Waals surface area contributed by atoms with Crippen molar-refractivity contribution >= 4 is 23.4 Å². The Hall–Kier alpha value is -3.46. The third kappa shape index (κ3) is 2.80. The standard InChI is InChI=1S/C22H19N3O5S/c1-28-14-7-3-12(4-8-14)16-11-17-19(31-25-23-17)18(13-5-9-15(29-2)10-6-13)22(16)20(26)24-30-21(22)27/h3-10,16,18H,11H2,1-2H3,(H,24,26). The van der Waals surface area contributed by atoms with Crippen LogP contribution in [0.3, 0.4) is 0 Å². The second kappa shape index (κ2) is 7.35. The van der Waals surface area contributed by atoms with E-state index in [2.05, 4.69) is 15.1 Å². The van der Waals surface area contributed by atoms with Crippen molar-refractivity contribution in [1.82, 2.24) is 15.1 Å². The van der Waals surface area contributed by atoms with E-state index in [4.69, 9.17) is 14.3 Å². The number of rotatable bonds is 4. The van der Waals surface area contributed by atoms with Gasteiger partial charge in [-0.3, -0.25) is 4.79 Å². The Labute approximate surface area is 182 Å². The van der Waals surface area contributed by atoms with Gasteiger partial charge in [0.15, 0.2) is 5.41 Å². The molecule has 0 bridgehead atoms. The SMILES string of the molecule is COc1ccc(C2Cc3nnsc3C(c3ccc(OC)cc3)C23C(=O)NOC3=O)cc1. The quantitative estimate of drug-likeness (QED) is 0.626. The number of fused-ring (bicyclic) bond motifs is 1. The maximum absolute atomic E-state index is 13.4. The van der Waals surface area contributed by atoms with Gasteiger partial charge in [-0.2, -0.15) is 5.48 Å². The summed E-state index contributed by atoms with van der Waals surface area (Å²) in [6, 6.07) is 14.7. The zero-order valence-corrected chi connectivity index (χ0v) is 17.6. The van der Waals surface area contributed by atoms with Gasteiger partial charge in [0.2, 0.25) is 0 Å². The van der Waals surface area contributed by atoms with Crippen molar-refractivity contribution in [2.75, 3.05) is 14.2 Å². The highest BCUT2D eigenvalue weighted by atomic mass is 32.1. The minimum absolute atomic E-state index is 0.396. The molecule has 2 aromatic carbocycles. The van der Waals surface area contributed by atoms with E-state index in [1.165, 1.54) is 11.5 Å². The number of carbonyl (C=O) groups excluding carboxylic acids is 2. The van der Waals surface area contributed by atoms with E-state index < -0.39 is 29.1 Å². The van der Waals surface area contributed by atoms with Crippen molar-refractivity contribution in [3.05, 3.63) is 70.2 Å². The predicted octanol–water partition coefficient (Wildman–Crippen LogP) is 2.60. The number of hydrogen-bond acceptors (Lipinski definition) is 8. The molecule has 0 radical (unpaired) electrons. The Balaban J connectivity index is 1.74. The zero-order valence-electron chi connectivity index (χ0n) is 16.8. The van der Waals surface area contributed by atoms with Gasteiger partial charge >= 0.3 is 5.97 Å². The molecule has 1 aliphatic carbocycles. The molecule has 9 heteroatoms. The number of methoxy groups -OCH3 is 2. The lowest BCUT2D eigenvalue weighted by Gasteiger charge is -2.41. The lowest BCUT2D eigenvalue weighted by Crippen LogP contribution is -2.49. The van der Waals surface area contributed by atoms with Crippen molar-refractivity contribution in [1.29, 1.82) is 0 Å². The fourth-order valence-electron chi connectivity index (χ4n) is 4.67. The largest absolute Gasteiger partial charge is 0.497 e. The Bertz CT molecular complexity index is 1130. The molecule has 31 heavy (non-hydrogen) atoms. The molecule has 1 N–H and O–H groups in total. The Morgan fingerprint density at radius 1 is 1.00 bits per heavy atom. The minimum Gasteiger partial charge on any atom is -0.497 e. The van der Waals surface area contributed by atoms with Crippen molar-refractivity contribution in [2.45, 2.75) is 18.3 Å². The normalized spacial score (nSPS) is 24.5. The highest BCUT2D eigenvalue weighted by molar-refractivity contribution is 7.05. The summed E-state index contributed by atoms with van der Waals surface area (Å²) in [7, 11) is 3.18. The molecule has 1 aliphatic heterocycles. The van der Waals surface area contributed by atoms with E-state index in [-0.39, 0.29) is 0 Å². The van der Waals surface area contributed by atoms with Crippen LogP contribution in [0.1, 0.15) is 33.5 Å². The van der Waals surface area contributed by atoms with Crippen LogP contribution in [0.5, 0.6) is 11.5 Å². The smallest absolute Gasteiger partial charge is 0.349 e. The van der Waals surface area contributed by atoms with E-state index in [1.54, 1.807) is 14.2 Å². The van der Waals surface area contributed by atoms with Gasteiger partial charge in [-0.1, -0.05) is 28.8 Å². The van der Waals surface area contributed by atoms with E-state index in [1.807, 2.05) is 48.5 Å². The van der Waals surface area contributed by atoms with Gasteiger partial charge in [0.05, 0.1) is 24.8 Å². The molecule has 158 valence electrons. The van der Waals surface area contributed by atoms with Gasteiger partial charge in [0.1, 0.15) is 11.5 Å². The molecule has 1 fully saturated rings. The highest BCUT2D eigenvalue weighted by Crippen LogP contribution is 2.58. The molecule has 3 atom stereocenters. The van der Waals surface area contributed by atoms with E-state index in [9.17, 15) is 9.59 Å². The Morgan fingerprint density at radius 3 is 2.16 bits per heavy atom. The second-order valence-electron chi connectivity index (χ2n) is 7.51. The molecule has 1 amide bonds. The number of hydrogen-bond donors (Lipinski definition) is 1. The lowest BCUT2D eigenvalue weighted by atomic mass is 9.57. The van der Waals surface area contributed by atoms with E-state index in [0.717, 1.165) is 21.7 Å². The van der Waals surface area contributed by atoms with Gasteiger partial charge in [-0.05, 0) is 46.9 Å². The fourth-order valence-corrected chi connectivity index (χ4v) is 5.55. The number of aromatic nitrogens is 2. The Kier molecular flexibility index (Phi) is 4.62. The van der Waals surface area contributed by atoms with Gasteiger partial charge in [0, 0.05) is 18.3 Å². The fraction of sp³-hybridized carbons (Fsp3) is 0.273.